The molecule has 3 heterocycles. The molecule has 134 valence electrons. The van der Waals surface area contributed by atoms with Crippen LogP contribution in [0.5, 0.6) is 5.75 Å². The van der Waals surface area contributed by atoms with E-state index in [1.54, 1.807) is 23.0 Å². The third-order valence-corrected chi connectivity index (χ3v) is 4.86. The molecule has 4 rings (SSSR count). The maximum atomic E-state index is 12.8. The molecule has 3 aromatic rings. The number of hydrogen-bond acceptors (Lipinski definition) is 4. The summed E-state index contributed by atoms with van der Waals surface area (Å²) in [5, 5.41) is 4.88. The number of aromatic nitrogens is 3. The van der Waals surface area contributed by atoms with Crippen LogP contribution in [0.1, 0.15) is 28.9 Å². The standard InChI is InChI=1S/C19H19ClN4O2/c1-13-12-21-24-11-8-17(22-18(13)24)19(25)23-9-6-16(7-10-23)26-15-4-2-14(20)3-5-15/h2-5,8,11-12,16H,6-7,9-10H2,1H3. The van der Waals surface area contributed by atoms with Crippen molar-refractivity contribution in [3.05, 3.63) is 59.0 Å². The van der Waals surface area contributed by atoms with Crippen LogP contribution < -0.4 is 4.74 Å². The Morgan fingerprint density at radius 1 is 1.19 bits per heavy atom. The lowest BCUT2D eigenvalue weighted by molar-refractivity contribution is 0.0590. The molecular formula is C19H19ClN4O2. The summed E-state index contributed by atoms with van der Waals surface area (Å²) in [6.07, 6.45) is 5.22. The summed E-state index contributed by atoms with van der Waals surface area (Å²) in [5.41, 5.74) is 2.13. The Bertz CT molecular complexity index is 930. The summed E-state index contributed by atoms with van der Waals surface area (Å²) < 4.78 is 7.66. The van der Waals surface area contributed by atoms with Gasteiger partial charge in [0.15, 0.2) is 5.65 Å². The summed E-state index contributed by atoms with van der Waals surface area (Å²) in [7, 11) is 0. The van der Waals surface area contributed by atoms with Gasteiger partial charge in [0.1, 0.15) is 17.5 Å². The van der Waals surface area contributed by atoms with Gasteiger partial charge in [0.25, 0.3) is 5.91 Å². The molecule has 0 spiro atoms. The van der Waals surface area contributed by atoms with Crippen LogP contribution in [0, 0.1) is 6.92 Å². The molecule has 1 aromatic carbocycles. The van der Waals surface area contributed by atoms with Crippen molar-refractivity contribution in [3.63, 3.8) is 0 Å². The second-order valence-corrected chi connectivity index (χ2v) is 6.91. The van der Waals surface area contributed by atoms with Crippen molar-refractivity contribution in [2.24, 2.45) is 0 Å². The largest absolute Gasteiger partial charge is 0.490 e. The molecule has 0 N–H and O–H groups in total. The van der Waals surface area contributed by atoms with E-state index in [0.29, 0.717) is 23.8 Å². The summed E-state index contributed by atoms with van der Waals surface area (Å²) in [6.45, 7) is 3.24. The highest BCUT2D eigenvalue weighted by molar-refractivity contribution is 6.30. The number of rotatable bonds is 3. The molecule has 0 bridgehead atoms. The van der Waals surface area contributed by atoms with Crippen LogP contribution in [0.3, 0.4) is 0 Å². The highest BCUT2D eigenvalue weighted by Gasteiger charge is 2.25. The minimum Gasteiger partial charge on any atom is -0.490 e. The van der Waals surface area contributed by atoms with Crippen LogP contribution >= 0.6 is 11.6 Å². The van der Waals surface area contributed by atoms with Crippen LogP contribution in [-0.4, -0.2) is 44.6 Å². The van der Waals surface area contributed by atoms with Gasteiger partial charge in [-0.15, -0.1) is 0 Å². The zero-order valence-electron chi connectivity index (χ0n) is 14.4. The summed E-state index contributed by atoms with van der Waals surface area (Å²) in [5.74, 6) is 0.764. The number of fused-ring (bicyclic) bond motifs is 1. The van der Waals surface area contributed by atoms with Gasteiger partial charge in [-0.05, 0) is 37.3 Å². The Morgan fingerprint density at radius 3 is 2.65 bits per heavy atom. The van der Waals surface area contributed by atoms with E-state index in [2.05, 4.69) is 10.1 Å². The molecule has 0 saturated carbocycles. The first-order chi connectivity index (χ1) is 12.6. The van der Waals surface area contributed by atoms with Gasteiger partial charge in [0.2, 0.25) is 0 Å². The summed E-state index contributed by atoms with van der Waals surface area (Å²) >= 11 is 5.89. The Hall–Kier alpha value is -2.60. The number of carbonyl (C=O) groups is 1. The maximum Gasteiger partial charge on any atom is 0.272 e. The fourth-order valence-corrected chi connectivity index (χ4v) is 3.27. The number of aryl methyl sites for hydroxylation is 1. The van der Waals surface area contributed by atoms with Crippen molar-refractivity contribution in [3.8, 4) is 5.75 Å². The third kappa shape index (κ3) is 3.37. The van der Waals surface area contributed by atoms with Crippen molar-refractivity contribution in [1.29, 1.82) is 0 Å². The van der Waals surface area contributed by atoms with Gasteiger partial charge in [-0.2, -0.15) is 5.10 Å². The Labute approximate surface area is 156 Å². The molecule has 1 aliphatic heterocycles. The molecule has 7 heteroatoms. The lowest BCUT2D eigenvalue weighted by atomic mass is 10.1. The molecule has 1 aliphatic rings. The van der Waals surface area contributed by atoms with Gasteiger partial charge in [0, 0.05) is 42.7 Å². The molecule has 0 unspecified atom stereocenters. The zero-order valence-corrected chi connectivity index (χ0v) is 15.2. The number of piperidine rings is 1. The topological polar surface area (TPSA) is 59.7 Å². The second-order valence-electron chi connectivity index (χ2n) is 6.47. The average Bonchev–Trinajstić information content (AvgIpc) is 3.04. The van der Waals surface area contributed by atoms with Crippen molar-refractivity contribution in [2.75, 3.05) is 13.1 Å². The lowest BCUT2D eigenvalue weighted by Crippen LogP contribution is -2.42. The third-order valence-electron chi connectivity index (χ3n) is 4.61. The Kier molecular flexibility index (Phi) is 4.51. The SMILES string of the molecule is Cc1cnn2ccc(C(=O)N3CCC(Oc4ccc(Cl)cc4)CC3)nc12. The smallest absolute Gasteiger partial charge is 0.272 e. The van der Waals surface area contributed by atoms with Crippen molar-refractivity contribution < 1.29 is 9.53 Å². The van der Waals surface area contributed by atoms with E-state index in [-0.39, 0.29) is 12.0 Å². The number of benzene rings is 1. The average molecular weight is 371 g/mol. The van der Waals surface area contributed by atoms with Gasteiger partial charge in [-0.3, -0.25) is 4.79 Å². The van der Waals surface area contributed by atoms with Gasteiger partial charge in [-0.25, -0.2) is 9.50 Å². The van der Waals surface area contributed by atoms with Crippen LogP contribution in [0.4, 0.5) is 0 Å². The molecule has 0 radical (unpaired) electrons. The maximum absolute atomic E-state index is 12.8. The Balaban J connectivity index is 1.39. The van der Waals surface area contributed by atoms with E-state index < -0.39 is 0 Å². The molecular weight excluding hydrogens is 352 g/mol. The van der Waals surface area contributed by atoms with Crippen LogP contribution in [0.15, 0.2) is 42.7 Å². The molecule has 1 amide bonds. The van der Waals surface area contributed by atoms with Crippen LogP contribution in [0.25, 0.3) is 5.65 Å². The minimum atomic E-state index is -0.0435. The van der Waals surface area contributed by atoms with Gasteiger partial charge in [0.05, 0.1) is 6.20 Å². The highest BCUT2D eigenvalue weighted by atomic mass is 35.5. The molecule has 1 fully saturated rings. The van der Waals surface area contributed by atoms with Crippen LogP contribution in [-0.2, 0) is 0 Å². The fourth-order valence-electron chi connectivity index (χ4n) is 3.15. The normalized spacial score (nSPS) is 15.4. The van der Waals surface area contributed by atoms with Gasteiger partial charge < -0.3 is 9.64 Å². The summed E-state index contributed by atoms with van der Waals surface area (Å²) in [6, 6.07) is 9.09. The number of hydrogen-bond donors (Lipinski definition) is 0. The first-order valence-corrected chi connectivity index (χ1v) is 9.00. The Morgan fingerprint density at radius 2 is 1.92 bits per heavy atom. The molecule has 6 nitrogen and oxygen atoms in total. The van der Waals surface area contributed by atoms with E-state index in [1.807, 2.05) is 36.1 Å². The fraction of sp³-hybridized carbons (Fsp3) is 0.316. The van der Waals surface area contributed by atoms with E-state index >= 15 is 0 Å². The van der Waals surface area contributed by atoms with Crippen LogP contribution in [0.2, 0.25) is 5.02 Å². The number of nitrogens with zero attached hydrogens (tertiary/aromatic N) is 4. The van der Waals surface area contributed by atoms with E-state index in [1.165, 1.54) is 0 Å². The highest BCUT2D eigenvalue weighted by Crippen LogP contribution is 2.22. The monoisotopic (exact) mass is 370 g/mol. The van der Waals surface area contributed by atoms with Crippen molar-refractivity contribution in [2.45, 2.75) is 25.9 Å². The predicted molar refractivity (Wildman–Crippen MR) is 98.7 cm³/mol. The lowest BCUT2D eigenvalue weighted by Gasteiger charge is -2.32. The van der Waals surface area contributed by atoms with E-state index in [0.717, 1.165) is 29.8 Å². The molecule has 1 saturated heterocycles. The number of likely N-dealkylation sites (tertiary alicyclic amines) is 1. The van der Waals surface area contributed by atoms with E-state index in [4.69, 9.17) is 16.3 Å². The number of ether oxygens (including phenoxy) is 1. The van der Waals surface area contributed by atoms with Crippen molar-refractivity contribution in [1.82, 2.24) is 19.5 Å². The molecule has 0 atom stereocenters. The predicted octanol–water partition coefficient (Wildman–Crippen LogP) is 3.37. The number of halogens is 1. The molecule has 26 heavy (non-hydrogen) atoms. The quantitative estimate of drug-likeness (QED) is 0.709. The first-order valence-electron chi connectivity index (χ1n) is 8.62. The first kappa shape index (κ1) is 16.8. The second kappa shape index (κ2) is 6.96. The van der Waals surface area contributed by atoms with Gasteiger partial charge >= 0.3 is 0 Å². The minimum absolute atomic E-state index is 0.0435. The molecule has 2 aromatic heterocycles. The van der Waals surface area contributed by atoms with Gasteiger partial charge in [-0.1, -0.05) is 11.6 Å². The summed E-state index contributed by atoms with van der Waals surface area (Å²) in [4.78, 5) is 19.1. The number of carbonyl (C=O) groups excluding carboxylic acids is 1. The van der Waals surface area contributed by atoms with E-state index in [9.17, 15) is 4.79 Å². The number of amides is 1. The molecule has 0 aliphatic carbocycles. The van der Waals surface area contributed by atoms with Crippen molar-refractivity contribution >= 4 is 23.2 Å². The zero-order chi connectivity index (χ0) is 18.1.